The van der Waals surface area contributed by atoms with Gasteiger partial charge in [0.25, 0.3) is 0 Å². The van der Waals surface area contributed by atoms with Gasteiger partial charge in [0.1, 0.15) is 5.75 Å². The van der Waals surface area contributed by atoms with Gasteiger partial charge in [0, 0.05) is 13.0 Å². The predicted octanol–water partition coefficient (Wildman–Crippen LogP) is 4.52. The quantitative estimate of drug-likeness (QED) is 0.641. The number of hydrogen-bond donors (Lipinski definition) is 1. The fourth-order valence-corrected chi connectivity index (χ4v) is 4.32. The fourth-order valence-electron chi connectivity index (χ4n) is 4.32. The second kappa shape index (κ2) is 9.13. The van der Waals surface area contributed by atoms with Gasteiger partial charge in [-0.3, -0.25) is 4.79 Å². The number of rotatable bonds is 6. The average Bonchev–Trinajstić information content (AvgIpc) is 2.82. The molecular weight excluding hydrogens is 390 g/mol. The first-order valence-corrected chi connectivity index (χ1v) is 10.5. The second-order valence-corrected chi connectivity index (χ2v) is 7.69. The molecule has 1 atom stereocenters. The molecule has 1 aliphatic rings. The van der Waals surface area contributed by atoms with Gasteiger partial charge in [0.05, 0.1) is 20.3 Å². The number of hydrogen-bond acceptors (Lipinski definition) is 4. The molecule has 3 aromatic carbocycles. The van der Waals surface area contributed by atoms with E-state index in [1.807, 2.05) is 47.4 Å². The summed E-state index contributed by atoms with van der Waals surface area (Å²) in [7, 11) is 3.26. The van der Waals surface area contributed by atoms with Crippen LogP contribution >= 0.6 is 0 Å². The summed E-state index contributed by atoms with van der Waals surface area (Å²) in [4.78, 5) is 15.3. The number of carbonyl (C=O) groups is 1. The highest BCUT2D eigenvalue weighted by Gasteiger charge is 2.33. The van der Waals surface area contributed by atoms with Gasteiger partial charge < -0.3 is 19.5 Å². The fraction of sp³-hybridized carbons (Fsp3) is 0.269. The lowest BCUT2D eigenvalue weighted by Crippen LogP contribution is -2.40. The van der Waals surface area contributed by atoms with E-state index in [1.165, 1.54) is 0 Å². The van der Waals surface area contributed by atoms with Crippen molar-refractivity contribution in [1.82, 2.24) is 4.90 Å². The van der Waals surface area contributed by atoms with E-state index in [1.54, 1.807) is 26.4 Å². The summed E-state index contributed by atoms with van der Waals surface area (Å²) in [5, 5.41) is 10.1. The Bertz CT molecular complexity index is 1060. The minimum absolute atomic E-state index is 0.0672. The van der Waals surface area contributed by atoms with Crippen LogP contribution in [-0.2, 0) is 17.6 Å². The number of aromatic hydroxyl groups is 1. The van der Waals surface area contributed by atoms with Crippen LogP contribution in [0, 0.1) is 0 Å². The molecule has 1 unspecified atom stereocenters. The Morgan fingerprint density at radius 2 is 1.68 bits per heavy atom. The first-order chi connectivity index (χ1) is 15.1. The number of phenolic OH excluding ortho intramolecular Hbond substituents is 1. The van der Waals surface area contributed by atoms with E-state index < -0.39 is 0 Å². The number of carbonyl (C=O) groups excluding carboxylic acids is 1. The van der Waals surface area contributed by atoms with Crippen molar-refractivity contribution < 1.29 is 19.4 Å². The Kier molecular flexibility index (Phi) is 6.12. The van der Waals surface area contributed by atoms with E-state index in [2.05, 4.69) is 12.1 Å². The second-order valence-electron chi connectivity index (χ2n) is 7.69. The van der Waals surface area contributed by atoms with E-state index >= 15 is 0 Å². The molecule has 0 aromatic heterocycles. The molecule has 3 aromatic rings. The van der Waals surface area contributed by atoms with E-state index in [-0.39, 0.29) is 17.7 Å². The van der Waals surface area contributed by atoms with Gasteiger partial charge in [-0.15, -0.1) is 0 Å². The van der Waals surface area contributed by atoms with Crippen molar-refractivity contribution >= 4 is 5.91 Å². The minimum Gasteiger partial charge on any atom is -0.508 e. The molecule has 0 saturated heterocycles. The topological polar surface area (TPSA) is 59.0 Å². The van der Waals surface area contributed by atoms with Gasteiger partial charge in [-0.2, -0.15) is 0 Å². The third kappa shape index (κ3) is 4.22. The number of phenols is 1. The average molecular weight is 418 g/mol. The van der Waals surface area contributed by atoms with Crippen LogP contribution in [-0.4, -0.2) is 36.7 Å². The summed E-state index contributed by atoms with van der Waals surface area (Å²) in [6.07, 6.45) is 1.59. The standard InChI is InChI=1S/C26H27NO4/c1-30-23-16-20-14-15-27(25(29)13-12-18-8-6-7-11-22(18)28)26(19-9-4-3-5-10-19)21(20)17-24(23)31-2/h3-11,16-17,26,28H,12-15H2,1-2H3. The summed E-state index contributed by atoms with van der Waals surface area (Å²) < 4.78 is 11.0. The van der Waals surface area contributed by atoms with Gasteiger partial charge in [0.2, 0.25) is 5.91 Å². The Labute approximate surface area is 182 Å². The summed E-state index contributed by atoms with van der Waals surface area (Å²) in [6.45, 7) is 0.627. The molecular formula is C26H27NO4. The van der Waals surface area contributed by atoms with Crippen LogP contribution in [0.3, 0.4) is 0 Å². The maximum atomic E-state index is 13.3. The lowest BCUT2D eigenvalue weighted by molar-refractivity contribution is -0.133. The molecule has 1 N–H and O–H groups in total. The van der Waals surface area contributed by atoms with Crippen molar-refractivity contribution in [2.45, 2.75) is 25.3 Å². The van der Waals surface area contributed by atoms with Crippen molar-refractivity contribution in [3.63, 3.8) is 0 Å². The molecule has 0 aliphatic carbocycles. The normalized spacial score (nSPS) is 15.3. The molecule has 31 heavy (non-hydrogen) atoms. The zero-order valence-corrected chi connectivity index (χ0v) is 17.9. The highest BCUT2D eigenvalue weighted by molar-refractivity contribution is 5.78. The largest absolute Gasteiger partial charge is 0.508 e. The van der Waals surface area contributed by atoms with Crippen molar-refractivity contribution in [1.29, 1.82) is 0 Å². The highest BCUT2D eigenvalue weighted by Crippen LogP contribution is 2.41. The number of aryl methyl sites for hydroxylation is 1. The highest BCUT2D eigenvalue weighted by atomic mass is 16.5. The third-order valence-corrected chi connectivity index (χ3v) is 5.91. The summed E-state index contributed by atoms with van der Waals surface area (Å²) in [5.74, 6) is 1.66. The zero-order chi connectivity index (χ0) is 21.8. The smallest absolute Gasteiger partial charge is 0.223 e. The van der Waals surface area contributed by atoms with Crippen LogP contribution in [0.1, 0.15) is 34.7 Å². The monoisotopic (exact) mass is 417 g/mol. The maximum Gasteiger partial charge on any atom is 0.223 e. The minimum atomic E-state index is -0.193. The number of methoxy groups -OCH3 is 2. The first-order valence-electron chi connectivity index (χ1n) is 10.5. The van der Waals surface area contributed by atoms with Gasteiger partial charge in [-0.05, 0) is 53.3 Å². The van der Waals surface area contributed by atoms with Gasteiger partial charge >= 0.3 is 0 Å². The summed E-state index contributed by atoms with van der Waals surface area (Å²) in [5.41, 5.74) is 4.07. The lowest BCUT2D eigenvalue weighted by atomic mass is 9.87. The molecule has 1 heterocycles. The Balaban J connectivity index is 1.68. The number of ether oxygens (including phenoxy) is 2. The number of benzene rings is 3. The van der Waals surface area contributed by atoms with Crippen LogP contribution in [0.15, 0.2) is 66.7 Å². The van der Waals surface area contributed by atoms with Crippen molar-refractivity contribution in [2.75, 3.05) is 20.8 Å². The Morgan fingerprint density at radius 3 is 2.39 bits per heavy atom. The molecule has 0 spiro atoms. The molecule has 0 bridgehead atoms. The number of fused-ring (bicyclic) bond motifs is 1. The first kappa shape index (κ1) is 20.8. The molecule has 4 rings (SSSR count). The molecule has 160 valence electrons. The van der Waals surface area contributed by atoms with Gasteiger partial charge in [-0.25, -0.2) is 0 Å². The van der Waals surface area contributed by atoms with Gasteiger partial charge in [-0.1, -0.05) is 48.5 Å². The lowest BCUT2D eigenvalue weighted by Gasteiger charge is -2.38. The molecule has 5 nitrogen and oxygen atoms in total. The predicted molar refractivity (Wildman–Crippen MR) is 120 cm³/mol. The number of amides is 1. The van der Waals surface area contributed by atoms with E-state index in [4.69, 9.17) is 9.47 Å². The van der Waals surface area contributed by atoms with Gasteiger partial charge in [0.15, 0.2) is 11.5 Å². The molecule has 5 heteroatoms. The van der Waals surface area contributed by atoms with Crippen LogP contribution < -0.4 is 9.47 Å². The summed E-state index contributed by atoms with van der Waals surface area (Å²) in [6, 6.07) is 21.1. The SMILES string of the molecule is COc1cc2c(cc1OC)C(c1ccccc1)N(C(=O)CCc1ccccc1O)CC2. The van der Waals surface area contributed by atoms with Crippen LogP contribution in [0.2, 0.25) is 0 Å². The number of para-hydroxylation sites is 1. The summed E-state index contributed by atoms with van der Waals surface area (Å²) >= 11 is 0. The Hall–Kier alpha value is -3.47. The number of nitrogens with zero attached hydrogens (tertiary/aromatic N) is 1. The maximum absolute atomic E-state index is 13.3. The molecule has 1 amide bonds. The van der Waals surface area contributed by atoms with E-state index in [9.17, 15) is 9.90 Å². The van der Waals surface area contributed by atoms with Crippen LogP contribution in [0.5, 0.6) is 17.2 Å². The molecule has 0 saturated carbocycles. The molecule has 1 aliphatic heterocycles. The van der Waals surface area contributed by atoms with Crippen LogP contribution in [0.4, 0.5) is 0 Å². The Morgan fingerprint density at radius 1 is 1.00 bits per heavy atom. The van der Waals surface area contributed by atoms with E-state index in [0.717, 1.165) is 28.7 Å². The van der Waals surface area contributed by atoms with Crippen molar-refractivity contribution in [2.24, 2.45) is 0 Å². The molecule has 0 radical (unpaired) electrons. The van der Waals surface area contributed by atoms with Crippen LogP contribution in [0.25, 0.3) is 0 Å². The zero-order valence-electron chi connectivity index (χ0n) is 17.9. The van der Waals surface area contributed by atoms with Crippen molar-refractivity contribution in [3.8, 4) is 17.2 Å². The third-order valence-electron chi connectivity index (χ3n) is 5.91. The van der Waals surface area contributed by atoms with E-state index in [0.29, 0.717) is 30.9 Å². The molecule has 0 fully saturated rings. The van der Waals surface area contributed by atoms with Crippen molar-refractivity contribution in [3.05, 3.63) is 89.0 Å².